The van der Waals surface area contributed by atoms with E-state index >= 15 is 0 Å². The number of thioether (sulfide) groups is 1. The van der Waals surface area contributed by atoms with E-state index in [1.165, 1.54) is 0 Å². The summed E-state index contributed by atoms with van der Waals surface area (Å²) in [4.78, 5) is 11.6. The molecule has 3 nitrogen and oxygen atoms in total. The summed E-state index contributed by atoms with van der Waals surface area (Å²) in [5.74, 6) is -0.296. The molecule has 0 spiro atoms. The Hall–Kier alpha value is 0.100. The summed E-state index contributed by atoms with van der Waals surface area (Å²) in [5.41, 5.74) is 0. The van der Waals surface area contributed by atoms with Gasteiger partial charge < -0.3 is 14.8 Å². The predicted molar refractivity (Wildman–Crippen MR) is 33.3 cm³/mol. The van der Waals surface area contributed by atoms with Crippen molar-refractivity contribution >= 4 is 17.7 Å². The fourth-order valence-electron chi connectivity index (χ4n) is 0.575. The van der Waals surface area contributed by atoms with Crippen molar-refractivity contribution in [2.45, 2.75) is 0 Å². The van der Waals surface area contributed by atoms with Crippen molar-refractivity contribution in [1.29, 1.82) is 0 Å². The minimum atomic E-state index is -1.03. The monoisotopic (exact) mass is 251 g/mol. The van der Waals surface area contributed by atoms with Gasteiger partial charge in [0.1, 0.15) is 0 Å². The van der Waals surface area contributed by atoms with Crippen LogP contribution in [0.5, 0.6) is 0 Å². The van der Waals surface area contributed by atoms with Crippen LogP contribution in [-0.2, 0) is 27.2 Å². The van der Waals surface area contributed by atoms with Gasteiger partial charge in [-0.1, -0.05) is 0 Å². The van der Waals surface area contributed by atoms with Crippen molar-refractivity contribution in [1.82, 2.24) is 4.90 Å². The van der Waals surface area contributed by atoms with E-state index in [9.17, 15) is 9.90 Å². The second kappa shape index (κ2) is 4.85. The van der Waals surface area contributed by atoms with E-state index in [1.807, 2.05) is 5.41 Å². The van der Waals surface area contributed by atoms with Crippen LogP contribution in [0.3, 0.4) is 0 Å². The van der Waals surface area contributed by atoms with Gasteiger partial charge in [-0.2, -0.15) is 0 Å². The van der Waals surface area contributed by atoms with Gasteiger partial charge in [-0.25, -0.2) is 0 Å². The second-order valence-corrected chi connectivity index (χ2v) is 2.56. The molecule has 1 aliphatic heterocycles. The summed E-state index contributed by atoms with van der Waals surface area (Å²) >= 11 is 1.58. The summed E-state index contributed by atoms with van der Waals surface area (Å²) in [7, 11) is 0. The Bertz CT molecular complexity index is 151. The number of aliphatic carboxylic acids is 1. The van der Waals surface area contributed by atoms with Gasteiger partial charge in [-0.3, -0.25) is 0 Å². The van der Waals surface area contributed by atoms with E-state index in [1.54, 1.807) is 22.9 Å². The SMILES string of the molecule is O=C([O-])CN1C=CSC1.[Ag+]. The summed E-state index contributed by atoms with van der Waals surface area (Å²) in [6.07, 6.45) is 1.75. The molecule has 0 radical (unpaired) electrons. The molecular weight excluding hydrogens is 246 g/mol. The molecule has 0 aromatic rings. The topological polar surface area (TPSA) is 43.4 Å². The quantitative estimate of drug-likeness (QED) is 0.604. The molecule has 0 aromatic heterocycles. The number of nitrogens with zero attached hydrogens (tertiary/aromatic N) is 1. The number of carboxylic acids is 1. The average molecular weight is 252 g/mol. The number of carbonyl (C=O) groups excluding carboxylic acids is 1. The molecule has 0 saturated carbocycles. The molecule has 60 valence electrons. The first-order valence-electron chi connectivity index (χ1n) is 2.51. The molecule has 0 aliphatic carbocycles. The van der Waals surface area contributed by atoms with Gasteiger partial charge in [-0.15, -0.1) is 11.8 Å². The molecule has 0 saturated heterocycles. The third-order valence-corrected chi connectivity index (χ3v) is 1.74. The van der Waals surface area contributed by atoms with Crippen molar-refractivity contribution < 1.29 is 32.3 Å². The zero-order chi connectivity index (χ0) is 6.69. The van der Waals surface area contributed by atoms with Crippen LogP contribution in [0.25, 0.3) is 0 Å². The van der Waals surface area contributed by atoms with E-state index in [4.69, 9.17) is 0 Å². The first kappa shape index (κ1) is 10.1. The molecule has 0 aromatic carbocycles. The molecule has 0 fully saturated rings. The molecule has 1 aliphatic rings. The van der Waals surface area contributed by atoms with E-state index in [0.717, 1.165) is 5.88 Å². The van der Waals surface area contributed by atoms with Gasteiger partial charge >= 0.3 is 22.4 Å². The zero-order valence-corrected chi connectivity index (χ0v) is 7.34. The molecule has 0 atom stereocenters. The van der Waals surface area contributed by atoms with Crippen LogP contribution in [0.15, 0.2) is 11.6 Å². The summed E-state index contributed by atoms with van der Waals surface area (Å²) in [6, 6.07) is 0. The van der Waals surface area contributed by atoms with Crippen LogP contribution in [0.4, 0.5) is 0 Å². The minimum absolute atomic E-state index is 0. The first-order chi connectivity index (χ1) is 4.29. The van der Waals surface area contributed by atoms with Crippen LogP contribution in [-0.4, -0.2) is 23.3 Å². The van der Waals surface area contributed by atoms with Gasteiger partial charge in [0.05, 0.1) is 18.4 Å². The fraction of sp³-hybridized carbons (Fsp3) is 0.400. The van der Waals surface area contributed by atoms with E-state index in [-0.39, 0.29) is 28.9 Å². The van der Waals surface area contributed by atoms with Gasteiger partial charge in [0.2, 0.25) is 0 Å². The van der Waals surface area contributed by atoms with Crippen molar-refractivity contribution in [3.05, 3.63) is 11.6 Å². The largest absolute Gasteiger partial charge is 1.00 e. The molecule has 0 N–H and O–H groups in total. The maximum atomic E-state index is 9.96. The van der Waals surface area contributed by atoms with Gasteiger partial charge in [-0.05, 0) is 5.41 Å². The van der Waals surface area contributed by atoms with Gasteiger partial charge in [0.25, 0.3) is 0 Å². The summed E-state index contributed by atoms with van der Waals surface area (Å²) < 4.78 is 0. The molecule has 10 heavy (non-hydrogen) atoms. The van der Waals surface area contributed by atoms with Gasteiger partial charge in [0, 0.05) is 6.20 Å². The average Bonchev–Trinajstić information content (AvgIpc) is 2.15. The van der Waals surface area contributed by atoms with E-state index in [0.29, 0.717) is 0 Å². The predicted octanol–water partition coefficient (Wildman–Crippen LogP) is -0.789. The number of hydrogen-bond donors (Lipinski definition) is 0. The number of carbonyl (C=O) groups is 1. The Kier molecular flexibility index (Phi) is 4.89. The van der Waals surface area contributed by atoms with Crippen molar-refractivity contribution in [2.24, 2.45) is 0 Å². The van der Waals surface area contributed by atoms with Gasteiger partial charge in [0.15, 0.2) is 0 Å². The molecule has 1 heterocycles. The smallest absolute Gasteiger partial charge is 0.548 e. The zero-order valence-electron chi connectivity index (χ0n) is 5.04. The third kappa shape index (κ3) is 3.31. The summed E-state index contributed by atoms with van der Waals surface area (Å²) in [5, 5.41) is 11.8. The van der Waals surface area contributed by atoms with Crippen LogP contribution in [0.2, 0.25) is 0 Å². The second-order valence-electron chi connectivity index (χ2n) is 1.70. The van der Waals surface area contributed by atoms with Crippen molar-refractivity contribution in [3.8, 4) is 0 Å². The molecule has 0 bridgehead atoms. The molecule has 1 rings (SSSR count). The van der Waals surface area contributed by atoms with Crippen molar-refractivity contribution in [2.75, 3.05) is 12.4 Å². The molecule has 5 heteroatoms. The third-order valence-electron chi connectivity index (χ3n) is 0.940. The Morgan fingerprint density at radius 1 is 1.80 bits per heavy atom. The Morgan fingerprint density at radius 2 is 2.50 bits per heavy atom. The van der Waals surface area contributed by atoms with E-state index < -0.39 is 5.97 Å². The minimum Gasteiger partial charge on any atom is -0.548 e. The number of hydrogen-bond acceptors (Lipinski definition) is 4. The van der Waals surface area contributed by atoms with Crippen molar-refractivity contribution in [3.63, 3.8) is 0 Å². The van der Waals surface area contributed by atoms with Crippen LogP contribution >= 0.6 is 11.8 Å². The van der Waals surface area contributed by atoms with Crippen LogP contribution < -0.4 is 5.11 Å². The van der Waals surface area contributed by atoms with E-state index in [2.05, 4.69) is 0 Å². The Labute approximate surface area is 79.0 Å². The maximum Gasteiger partial charge on any atom is 1.00 e. The Balaban J connectivity index is 0.000000810. The normalized spacial score (nSPS) is 15.0. The molecule has 0 amide bonds. The fourth-order valence-corrected chi connectivity index (χ4v) is 1.29. The standard InChI is InChI=1S/C5H7NO2S.Ag/c7-5(8)3-6-1-2-9-4-6;/h1-2H,3-4H2,(H,7,8);/q;+1/p-1. The maximum absolute atomic E-state index is 9.96. The molecular formula is C5H6AgNO2S. The first-order valence-corrected chi connectivity index (χ1v) is 3.56. The molecule has 0 unspecified atom stereocenters. The van der Waals surface area contributed by atoms with Crippen LogP contribution in [0.1, 0.15) is 0 Å². The number of rotatable bonds is 2. The summed E-state index contributed by atoms with van der Waals surface area (Å²) in [6.45, 7) is 0.00347. The van der Waals surface area contributed by atoms with Crippen LogP contribution in [0, 0.1) is 0 Å². The Morgan fingerprint density at radius 3 is 2.90 bits per heavy atom. The number of carboxylic acid groups (broad SMARTS) is 1.